The minimum absolute atomic E-state index is 0.215. The molecular weight excluding hydrogens is 240 g/mol. The fourth-order valence-electron chi connectivity index (χ4n) is 2.86. The van der Waals surface area contributed by atoms with Gasteiger partial charge in [-0.3, -0.25) is 4.90 Å². The summed E-state index contributed by atoms with van der Waals surface area (Å²) in [5.74, 6) is 1.80. The number of aryl methyl sites for hydroxylation is 1. The Morgan fingerprint density at radius 2 is 1.79 bits per heavy atom. The molecule has 0 amide bonds. The Balaban J connectivity index is 2.39. The fourth-order valence-corrected chi connectivity index (χ4v) is 2.86. The Morgan fingerprint density at radius 3 is 2.32 bits per heavy atom. The number of methoxy groups -OCH3 is 2. The summed E-state index contributed by atoms with van der Waals surface area (Å²) in [5.41, 5.74) is 8.22. The van der Waals surface area contributed by atoms with E-state index in [0.29, 0.717) is 6.54 Å². The topological polar surface area (TPSA) is 47.7 Å². The van der Waals surface area contributed by atoms with Crippen molar-refractivity contribution in [2.45, 2.75) is 25.8 Å². The average molecular weight is 264 g/mol. The predicted octanol–water partition coefficient (Wildman–Crippen LogP) is 2.11. The van der Waals surface area contributed by atoms with Gasteiger partial charge < -0.3 is 15.2 Å². The van der Waals surface area contributed by atoms with Crippen molar-refractivity contribution in [2.75, 3.05) is 33.9 Å². The van der Waals surface area contributed by atoms with Gasteiger partial charge in [-0.2, -0.15) is 0 Å². The van der Waals surface area contributed by atoms with Crippen LogP contribution in [0.3, 0.4) is 0 Å². The van der Waals surface area contributed by atoms with Crippen LogP contribution in [0.25, 0.3) is 0 Å². The summed E-state index contributed by atoms with van der Waals surface area (Å²) in [7, 11) is 3.41. The lowest BCUT2D eigenvalue weighted by molar-refractivity contribution is 0.244. The number of benzene rings is 1. The molecule has 0 bridgehead atoms. The molecular formula is C15H24N2O2. The number of likely N-dealkylation sites (tertiary alicyclic amines) is 1. The third-order valence-corrected chi connectivity index (χ3v) is 3.91. The lowest BCUT2D eigenvalue weighted by Crippen LogP contribution is -2.31. The van der Waals surface area contributed by atoms with Gasteiger partial charge in [-0.05, 0) is 50.6 Å². The zero-order chi connectivity index (χ0) is 13.8. The van der Waals surface area contributed by atoms with Crippen molar-refractivity contribution in [2.24, 2.45) is 5.73 Å². The van der Waals surface area contributed by atoms with Crippen LogP contribution in [0, 0.1) is 6.92 Å². The molecule has 0 aromatic heterocycles. The van der Waals surface area contributed by atoms with E-state index in [1.807, 2.05) is 13.0 Å². The predicted molar refractivity (Wildman–Crippen MR) is 76.9 cm³/mol. The Bertz CT molecular complexity index is 428. The fraction of sp³-hybridized carbons (Fsp3) is 0.600. The van der Waals surface area contributed by atoms with Crippen LogP contribution in [0.1, 0.15) is 30.0 Å². The first-order valence-electron chi connectivity index (χ1n) is 6.88. The molecule has 4 heteroatoms. The molecule has 1 atom stereocenters. The van der Waals surface area contributed by atoms with Gasteiger partial charge in [0.2, 0.25) is 0 Å². The van der Waals surface area contributed by atoms with Gasteiger partial charge in [0.1, 0.15) is 11.5 Å². The molecule has 1 heterocycles. The van der Waals surface area contributed by atoms with Crippen molar-refractivity contribution in [1.29, 1.82) is 0 Å². The van der Waals surface area contributed by atoms with Crippen LogP contribution in [-0.2, 0) is 0 Å². The molecule has 0 aliphatic carbocycles. The first-order chi connectivity index (χ1) is 9.21. The van der Waals surface area contributed by atoms with Crippen molar-refractivity contribution in [1.82, 2.24) is 4.90 Å². The molecule has 0 radical (unpaired) electrons. The molecule has 2 rings (SSSR count). The average Bonchev–Trinajstić information content (AvgIpc) is 2.94. The Kier molecular flexibility index (Phi) is 4.66. The molecule has 1 fully saturated rings. The van der Waals surface area contributed by atoms with Gasteiger partial charge in [-0.1, -0.05) is 0 Å². The van der Waals surface area contributed by atoms with Crippen molar-refractivity contribution in [3.8, 4) is 11.5 Å². The molecule has 0 spiro atoms. The van der Waals surface area contributed by atoms with E-state index in [4.69, 9.17) is 15.2 Å². The van der Waals surface area contributed by atoms with Gasteiger partial charge in [-0.15, -0.1) is 0 Å². The molecule has 1 saturated heterocycles. The first-order valence-corrected chi connectivity index (χ1v) is 6.88. The number of hydrogen-bond acceptors (Lipinski definition) is 4. The van der Waals surface area contributed by atoms with E-state index in [9.17, 15) is 0 Å². The van der Waals surface area contributed by atoms with Crippen molar-refractivity contribution in [3.63, 3.8) is 0 Å². The van der Waals surface area contributed by atoms with Crippen molar-refractivity contribution >= 4 is 0 Å². The van der Waals surface area contributed by atoms with Gasteiger partial charge >= 0.3 is 0 Å². The molecule has 1 aliphatic rings. The quantitative estimate of drug-likeness (QED) is 0.885. The standard InChI is InChI=1S/C15H24N2O2/c1-11-8-15(19-3)12(9-14(11)18-2)13(10-16)17-6-4-5-7-17/h8-9,13H,4-7,10,16H2,1-3H3. The van der Waals surface area contributed by atoms with Crippen LogP contribution in [0.4, 0.5) is 0 Å². The summed E-state index contributed by atoms with van der Waals surface area (Å²) in [6.07, 6.45) is 2.50. The third kappa shape index (κ3) is 2.85. The summed E-state index contributed by atoms with van der Waals surface area (Å²) in [5, 5.41) is 0. The van der Waals surface area contributed by atoms with E-state index in [2.05, 4.69) is 11.0 Å². The smallest absolute Gasteiger partial charge is 0.124 e. The van der Waals surface area contributed by atoms with Crippen molar-refractivity contribution < 1.29 is 9.47 Å². The summed E-state index contributed by atoms with van der Waals surface area (Å²) < 4.78 is 11.0. The van der Waals surface area contributed by atoms with Gasteiger partial charge in [0.25, 0.3) is 0 Å². The van der Waals surface area contributed by atoms with Gasteiger partial charge in [-0.25, -0.2) is 0 Å². The Labute approximate surface area is 115 Å². The molecule has 2 N–H and O–H groups in total. The molecule has 1 aliphatic heterocycles. The van der Waals surface area contributed by atoms with Crippen LogP contribution in [0.15, 0.2) is 12.1 Å². The van der Waals surface area contributed by atoms with Crippen LogP contribution >= 0.6 is 0 Å². The minimum Gasteiger partial charge on any atom is -0.496 e. The second-order valence-corrected chi connectivity index (χ2v) is 5.06. The number of nitrogens with two attached hydrogens (primary N) is 1. The maximum Gasteiger partial charge on any atom is 0.124 e. The van der Waals surface area contributed by atoms with E-state index in [-0.39, 0.29) is 6.04 Å². The second kappa shape index (κ2) is 6.26. The van der Waals surface area contributed by atoms with Crippen molar-refractivity contribution in [3.05, 3.63) is 23.3 Å². The molecule has 4 nitrogen and oxygen atoms in total. The van der Waals surface area contributed by atoms with Crippen LogP contribution in [0.2, 0.25) is 0 Å². The van der Waals surface area contributed by atoms with E-state index >= 15 is 0 Å². The summed E-state index contributed by atoms with van der Waals surface area (Å²) in [4.78, 5) is 2.44. The SMILES string of the molecule is COc1cc(C(CN)N2CCCC2)c(OC)cc1C. The monoisotopic (exact) mass is 264 g/mol. The number of ether oxygens (including phenoxy) is 2. The maximum absolute atomic E-state index is 6.00. The normalized spacial score (nSPS) is 17.5. The number of hydrogen-bond donors (Lipinski definition) is 1. The molecule has 0 saturated carbocycles. The largest absolute Gasteiger partial charge is 0.496 e. The van der Waals surface area contributed by atoms with Crippen LogP contribution in [-0.4, -0.2) is 38.8 Å². The third-order valence-electron chi connectivity index (χ3n) is 3.91. The number of rotatable bonds is 5. The zero-order valence-electron chi connectivity index (χ0n) is 12.1. The highest BCUT2D eigenvalue weighted by molar-refractivity contribution is 5.47. The van der Waals surface area contributed by atoms with E-state index in [1.54, 1.807) is 14.2 Å². The van der Waals surface area contributed by atoms with Gasteiger partial charge in [0.05, 0.1) is 20.3 Å². The summed E-state index contributed by atoms with van der Waals surface area (Å²) in [6, 6.07) is 4.32. The molecule has 1 aromatic rings. The van der Waals surface area contributed by atoms with E-state index in [0.717, 1.165) is 35.7 Å². The Hall–Kier alpha value is -1.26. The summed E-state index contributed by atoms with van der Waals surface area (Å²) in [6.45, 7) is 4.85. The summed E-state index contributed by atoms with van der Waals surface area (Å²) >= 11 is 0. The lowest BCUT2D eigenvalue weighted by Gasteiger charge is -2.28. The van der Waals surface area contributed by atoms with E-state index < -0.39 is 0 Å². The molecule has 106 valence electrons. The minimum atomic E-state index is 0.215. The highest BCUT2D eigenvalue weighted by Gasteiger charge is 2.25. The lowest BCUT2D eigenvalue weighted by atomic mass is 10.0. The highest BCUT2D eigenvalue weighted by Crippen LogP contribution is 2.35. The van der Waals surface area contributed by atoms with Gasteiger partial charge in [0, 0.05) is 12.1 Å². The van der Waals surface area contributed by atoms with Gasteiger partial charge in [0.15, 0.2) is 0 Å². The zero-order valence-corrected chi connectivity index (χ0v) is 12.1. The number of nitrogens with zero attached hydrogens (tertiary/aromatic N) is 1. The maximum atomic E-state index is 6.00. The molecule has 1 aromatic carbocycles. The Morgan fingerprint density at radius 1 is 1.16 bits per heavy atom. The molecule has 1 unspecified atom stereocenters. The van der Waals surface area contributed by atoms with E-state index in [1.165, 1.54) is 12.8 Å². The first kappa shape index (κ1) is 14.2. The second-order valence-electron chi connectivity index (χ2n) is 5.06. The van der Waals surface area contributed by atoms with Crippen LogP contribution in [0.5, 0.6) is 11.5 Å². The molecule has 19 heavy (non-hydrogen) atoms. The highest BCUT2D eigenvalue weighted by atomic mass is 16.5. The van der Waals surface area contributed by atoms with Crippen LogP contribution < -0.4 is 15.2 Å².